The normalized spacial score (nSPS) is 13.3. The molecular formula is C70H103N3O14. The second-order valence-corrected chi connectivity index (χ2v) is 24.9. The van der Waals surface area contributed by atoms with E-state index in [0.717, 1.165) is 35.1 Å². The van der Waals surface area contributed by atoms with Gasteiger partial charge in [-0.3, -0.25) is 38.7 Å². The highest BCUT2D eigenvalue weighted by atomic mass is 16.6. The van der Waals surface area contributed by atoms with Gasteiger partial charge in [0.25, 0.3) is 0 Å². The summed E-state index contributed by atoms with van der Waals surface area (Å²) < 4.78 is 54.1. The average molecular weight is 1210 g/mol. The van der Waals surface area contributed by atoms with Crippen LogP contribution in [0.4, 0.5) is 0 Å². The number of nitrogens with zero attached hydrogens (tertiary/aromatic N) is 3. The first-order valence-corrected chi connectivity index (χ1v) is 31.3. The van der Waals surface area contributed by atoms with Crippen molar-refractivity contribution in [2.45, 2.75) is 196 Å². The van der Waals surface area contributed by atoms with Crippen LogP contribution in [-0.4, -0.2) is 158 Å². The highest BCUT2D eigenvalue weighted by molar-refractivity contribution is 5.79. The Labute approximate surface area is 519 Å². The van der Waals surface area contributed by atoms with Crippen molar-refractivity contribution in [2.75, 3.05) is 72.4 Å². The lowest BCUT2D eigenvalue weighted by Gasteiger charge is -2.42. The summed E-state index contributed by atoms with van der Waals surface area (Å²) in [5.41, 5.74) is 0.574. The predicted octanol–water partition coefficient (Wildman–Crippen LogP) is 11.6. The van der Waals surface area contributed by atoms with E-state index in [4.69, 9.17) is 42.6 Å². The zero-order valence-electron chi connectivity index (χ0n) is 55.0. The van der Waals surface area contributed by atoms with Crippen molar-refractivity contribution >= 4 is 29.8 Å². The molecule has 4 rings (SSSR count). The SMILES string of the molecule is CCCOC(=O)C(Cc1ccc(OCC)cc1)N(CC(=O)OC(C)(C)C)C(Cc1ccc(OCCC)cc1)CN(CC(=O)OC(C)(C)C)CC(Cc1ccc(OCCC)cc1)N(CC(=O)OC(C)(C)C)C(Cc1ccc(OCC)cc1)C(=O)OCCC. The number of hydrogen-bond donors (Lipinski definition) is 0. The fourth-order valence-corrected chi connectivity index (χ4v) is 9.88. The molecule has 0 aromatic heterocycles. The standard InChI is InChI=1S/C70H103N3O14/c1-16-38-81-59-34-22-51(23-35-59)42-55(72(49-64(75)86-69(10,11)12)61(66(77)83-40-18-3)44-53-26-30-57(31-27-53)79-20-5)46-71(48-63(74)85-68(7,8)9)47-56(43-52-24-36-60(37-25-52)82-39-17-2)73(50-65(76)87-70(13,14)15)62(67(78)84-41-19-4)45-54-28-32-58(33-29-54)80-21-6/h22-37,55-56,61-62H,16-21,38-50H2,1-15H3. The molecule has 0 aliphatic carbocycles. The summed E-state index contributed by atoms with van der Waals surface area (Å²) in [6.07, 6.45) is 3.48. The van der Waals surface area contributed by atoms with Crippen molar-refractivity contribution < 1.29 is 66.6 Å². The first-order valence-electron chi connectivity index (χ1n) is 31.3. The van der Waals surface area contributed by atoms with Crippen LogP contribution in [0.15, 0.2) is 97.1 Å². The summed E-state index contributed by atoms with van der Waals surface area (Å²) in [6, 6.07) is 26.8. The van der Waals surface area contributed by atoms with E-state index < -0.39 is 70.8 Å². The molecule has 17 nitrogen and oxygen atoms in total. The zero-order valence-corrected chi connectivity index (χ0v) is 55.0. The van der Waals surface area contributed by atoms with Gasteiger partial charge < -0.3 is 42.6 Å². The number of ether oxygens (including phenoxy) is 9. The van der Waals surface area contributed by atoms with Crippen LogP contribution in [0.3, 0.4) is 0 Å². The smallest absolute Gasteiger partial charge is 0.323 e. The van der Waals surface area contributed by atoms with Gasteiger partial charge in [-0.15, -0.1) is 0 Å². The van der Waals surface area contributed by atoms with Gasteiger partial charge in [0.15, 0.2) is 0 Å². The van der Waals surface area contributed by atoms with Crippen molar-refractivity contribution in [1.82, 2.24) is 14.7 Å². The number of esters is 5. The molecule has 4 aromatic carbocycles. The Morgan fingerprint density at radius 2 is 0.644 bits per heavy atom. The number of carbonyl (C=O) groups excluding carboxylic acids is 5. The molecule has 17 heteroatoms. The predicted molar refractivity (Wildman–Crippen MR) is 340 cm³/mol. The van der Waals surface area contributed by atoms with Gasteiger partial charge in [0.2, 0.25) is 0 Å². The minimum absolute atomic E-state index is 0.0291. The monoisotopic (exact) mass is 1210 g/mol. The first kappa shape index (κ1) is 72.8. The van der Waals surface area contributed by atoms with Crippen molar-refractivity contribution in [1.29, 1.82) is 0 Å². The van der Waals surface area contributed by atoms with Gasteiger partial charge in [-0.2, -0.15) is 0 Å². The van der Waals surface area contributed by atoms with Crippen molar-refractivity contribution in [2.24, 2.45) is 0 Å². The molecule has 0 radical (unpaired) electrons. The highest BCUT2D eigenvalue weighted by Gasteiger charge is 2.40. The fourth-order valence-electron chi connectivity index (χ4n) is 9.88. The lowest BCUT2D eigenvalue weighted by atomic mass is 9.96. The second-order valence-electron chi connectivity index (χ2n) is 24.9. The van der Waals surface area contributed by atoms with Crippen LogP contribution in [0.2, 0.25) is 0 Å². The molecule has 0 saturated heterocycles. The van der Waals surface area contributed by atoms with Crippen LogP contribution in [-0.2, 0) is 73.3 Å². The Kier molecular flexibility index (Phi) is 30.6. The Morgan fingerprint density at radius 3 is 0.920 bits per heavy atom. The van der Waals surface area contributed by atoms with Gasteiger partial charge in [-0.1, -0.05) is 76.2 Å². The quantitative estimate of drug-likeness (QED) is 0.0305. The van der Waals surface area contributed by atoms with E-state index in [1.54, 1.807) is 62.3 Å². The fraction of sp³-hybridized carbons (Fsp3) is 0.586. The third-order valence-electron chi connectivity index (χ3n) is 13.4. The number of benzene rings is 4. The van der Waals surface area contributed by atoms with Gasteiger partial charge in [0.1, 0.15) is 51.9 Å². The third-order valence-corrected chi connectivity index (χ3v) is 13.4. The molecule has 482 valence electrons. The summed E-state index contributed by atoms with van der Waals surface area (Å²) in [5.74, 6) is -0.106. The maximum Gasteiger partial charge on any atom is 0.323 e. The van der Waals surface area contributed by atoms with Crippen LogP contribution >= 0.6 is 0 Å². The zero-order chi connectivity index (χ0) is 64.2. The topological polar surface area (TPSA) is 178 Å². The van der Waals surface area contributed by atoms with Crippen LogP contribution in [0.25, 0.3) is 0 Å². The largest absolute Gasteiger partial charge is 0.494 e. The summed E-state index contributed by atoms with van der Waals surface area (Å²) in [7, 11) is 0. The van der Waals surface area contributed by atoms with E-state index in [2.05, 4.69) is 0 Å². The molecule has 0 spiro atoms. The molecule has 4 aromatic rings. The summed E-state index contributed by atoms with van der Waals surface area (Å²) in [6.45, 7) is 29.2. The maximum absolute atomic E-state index is 15.0. The Balaban J connectivity index is 2.13. The van der Waals surface area contributed by atoms with Crippen molar-refractivity contribution in [3.05, 3.63) is 119 Å². The van der Waals surface area contributed by atoms with Crippen LogP contribution in [0.5, 0.6) is 23.0 Å². The Bertz CT molecular complexity index is 2490. The lowest BCUT2D eigenvalue weighted by Crippen LogP contribution is -2.59. The molecule has 0 bridgehead atoms. The first-order chi connectivity index (χ1) is 41.2. The number of carbonyl (C=O) groups is 5. The molecule has 0 aliphatic heterocycles. The van der Waals surface area contributed by atoms with Gasteiger partial charge >= 0.3 is 29.8 Å². The summed E-state index contributed by atoms with van der Waals surface area (Å²) in [4.78, 5) is 79.7. The molecule has 0 heterocycles. The molecule has 4 unspecified atom stereocenters. The Morgan fingerprint density at radius 1 is 0.368 bits per heavy atom. The number of hydrogen-bond acceptors (Lipinski definition) is 17. The van der Waals surface area contributed by atoms with Gasteiger partial charge in [0.05, 0.1) is 59.3 Å². The van der Waals surface area contributed by atoms with Crippen LogP contribution in [0.1, 0.15) is 152 Å². The maximum atomic E-state index is 15.0. The second kappa shape index (κ2) is 36.6. The minimum Gasteiger partial charge on any atom is -0.494 e. The lowest BCUT2D eigenvalue weighted by molar-refractivity contribution is -0.163. The third kappa shape index (κ3) is 27.9. The van der Waals surface area contributed by atoms with E-state index in [1.807, 2.05) is 153 Å². The molecule has 0 aliphatic rings. The van der Waals surface area contributed by atoms with E-state index in [1.165, 1.54) is 0 Å². The number of rotatable bonds is 38. The van der Waals surface area contributed by atoms with Crippen molar-refractivity contribution in [3.63, 3.8) is 0 Å². The van der Waals surface area contributed by atoms with Crippen molar-refractivity contribution in [3.8, 4) is 23.0 Å². The van der Waals surface area contributed by atoms with Crippen LogP contribution in [0, 0.1) is 0 Å². The molecule has 0 saturated carbocycles. The molecule has 87 heavy (non-hydrogen) atoms. The van der Waals surface area contributed by atoms with Crippen LogP contribution < -0.4 is 18.9 Å². The summed E-state index contributed by atoms with van der Waals surface area (Å²) in [5, 5.41) is 0. The Hall–Kier alpha value is -6.69. The highest BCUT2D eigenvalue weighted by Crippen LogP contribution is 2.27. The van der Waals surface area contributed by atoms with E-state index in [9.17, 15) is 14.4 Å². The van der Waals surface area contributed by atoms with Gasteiger partial charge in [0, 0.05) is 25.2 Å². The minimum atomic E-state index is -1.07. The van der Waals surface area contributed by atoms with Gasteiger partial charge in [-0.05, 0) is 198 Å². The molecule has 0 amide bonds. The molecule has 0 fully saturated rings. The van der Waals surface area contributed by atoms with Gasteiger partial charge in [-0.25, -0.2) is 0 Å². The summed E-state index contributed by atoms with van der Waals surface area (Å²) >= 11 is 0. The molecule has 0 N–H and O–H groups in total. The average Bonchev–Trinajstić information content (AvgIpc) is 1.61. The molecule has 4 atom stereocenters. The molecular weight excluding hydrogens is 1110 g/mol. The van der Waals surface area contributed by atoms with E-state index in [-0.39, 0.29) is 71.6 Å². The van der Waals surface area contributed by atoms with E-state index in [0.29, 0.717) is 62.3 Å². The van der Waals surface area contributed by atoms with E-state index >= 15 is 9.59 Å².